The Morgan fingerprint density at radius 1 is 0.935 bits per heavy atom. The first kappa shape index (κ1) is 20.7. The molecule has 0 saturated heterocycles. The van der Waals surface area contributed by atoms with Gasteiger partial charge in [0.1, 0.15) is 12.9 Å². The molecule has 0 N–H and O–H groups in total. The summed E-state index contributed by atoms with van der Waals surface area (Å²) in [5.41, 5.74) is 4.82. The van der Waals surface area contributed by atoms with Crippen molar-refractivity contribution in [3.63, 3.8) is 0 Å². The number of nitrogens with zero attached hydrogens (tertiary/aromatic N) is 1. The highest BCUT2D eigenvalue weighted by atomic mass is 16.7. The van der Waals surface area contributed by atoms with Crippen LogP contribution in [0, 0.1) is 0 Å². The SMILES string of the molecule is CON=C(C(=O)OCOc1ccc(C2CC(C)c3ccccc32)cc1)c1ccccc1. The smallest absolute Gasteiger partial charge is 0.363 e. The number of ether oxygens (including phenoxy) is 2. The van der Waals surface area contributed by atoms with Gasteiger partial charge in [-0.05, 0) is 41.2 Å². The third-order valence-corrected chi connectivity index (χ3v) is 5.61. The van der Waals surface area contributed by atoms with Crippen molar-refractivity contribution in [2.45, 2.75) is 25.2 Å². The molecule has 4 rings (SSSR count). The van der Waals surface area contributed by atoms with E-state index in [2.05, 4.69) is 48.5 Å². The second-order valence-electron chi connectivity index (χ2n) is 7.57. The zero-order chi connectivity index (χ0) is 21.6. The number of esters is 1. The Kier molecular flexibility index (Phi) is 6.32. The Morgan fingerprint density at radius 2 is 1.61 bits per heavy atom. The summed E-state index contributed by atoms with van der Waals surface area (Å²) in [4.78, 5) is 17.2. The van der Waals surface area contributed by atoms with Gasteiger partial charge >= 0.3 is 5.97 Å². The Morgan fingerprint density at radius 3 is 2.32 bits per heavy atom. The number of hydrogen-bond donors (Lipinski definition) is 0. The molecule has 158 valence electrons. The molecule has 0 fully saturated rings. The van der Waals surface area contributed by atoms with Crippen LogP contribution >= 0.6 is 0 Å². The van der Waals surface area contributed by atoms with Crippen molar-refractivity contribution in [3.05, 3.63) is 101 Å². The summed E-state index contributed by atoms with van der Waals surface area (Å²) >= 11 is 0. The quantitative estimate of drug-likeness (QED) is 0.229. The van der Waals surface area contributed by atoms with Crippen molar-refractivity contribution in [1.82, 2.24) is 0 Å². The van der Waals surface area contributed by atoms with Crippen LogP contribution in [0.3, 0.4) is 0 Å². The van der Waals surface area contributed by atoms with Gasteiger partial charge in [-0.2, -0.15) is 0 Å². The number of rotatable bonds is 7. The summed E-state index contributed by atoms with van der Waals surface area (Å²) in [5, 5.41) is 3.79. The monoisotopic (exact) mass is 415 g/mol. The van der Waals surface area contributed by atoms with E-state index >= 15 is 0 Å². The molecular weight excluding hydrogens is 390 g/mol. The first-order chi connectivity index (χ1) is 15.2. The number of fused-ring (bicyclic) bond motifs is 1. The fourth-order valence-corrected chi connectivity index (χ4v) is 4.11. The fraction of sp³-hybridized carbons (Fsp3) is 0.231. The molecule has 0 aliphatic heterocycles. The molecule has 0 spiro atoms. The molecule has 0 amide bonds. The molecule has 0 radical (unpaired) electrons. The topological polar surface area (TPSA) is 57.1 Å². The Bertz CT molecular complexity index is 1060. The minimum absolute atomic E-state index is 0.0936. The van der Waals surface area contributed by atoms with Crippen molar-refractivity contribution in [1.29, 1.82) is 0 Å². The molecule has 0 bridgehead atoms. The molecule has 0 saturated carbocycles. The van der Waals surface area contributed by atoms with E-state index in [1.54, 1.807) is 12.1 Å². The van der Waals surface area contributed by atoms with E-state index in [-0.39, 0.29) is 12.5 Å². The molecule has 0 aromatic heterocycles. The molecular formula is C26H25NO4. The molecule has 5 nitrogen and oxygen atoms in total. The molecule has 2 unspecified atom stereocenters. The first-order valence-corrected chi connectivity index (χ1v) is 10.3. The van der Waals surface area contributed by atoms with Crippen molar-refractivity contribution in [3.8, 4) is 5.75 Å². The standard InChI is InChI=1S/C26H25NO4/c1-18-16-24(23-11-7-6-10-22(18)23)19-12-14-21(15-13-19)30-17-31-26(28)25(27-29-2)20-8-4-3-5-9-20/h3-15,18,24H,16-17H2,1-2H3. The van der Waals surface area contributed by atoms with E-state index in [4.69, 9.17) is 14.3 Å². The van der Waals surface area contributed by atoms with E-state index < -0.39 is 5.97 Å². The average molecular weight is 415 g/mol. The molecule has 5 heteroatoms. The maximum Gasteiger partial charge on any atom is 0.363 e. The second-order valence-corrected chi connectivity index (χ2v) is 7.57. The lowest BCUT2D eigenvalue weighted by Gasteiger charge is -2.13. The second kappa shape index (κ2) is 9.47. The van der Waals surface area contributed by atoms with Gasteiger partial charge in [0.2, 0.25) is 6.79 Å². The molecule has 1 aliphatic carbocycles. The first-order valence-electron chi connectivity index (χ1n) is 10.3. The van der Waals surface area contributed by atoms with Crippen LogP contribution in [-0.2, 0) is 14.4 Å². The minimum Gasteiger partial charge on any atom is -0.457 e. The van der Waals surface area contributed by atoms with Gasteiger partial charge in [0.15, 0.2) is 5.71 Å². The van der Waals surface area contributed by atoms with E-state index in [1.807, 2.05) is 30.3 Å². The molecule has 3 aromatic carbocycles. The zero-order valence-electron chi connectivity index (χ0n) is 17.7. The highest BCUT2D eigenvalue weighted by molar-refractivity contribution is 6.43. The van der Waals surface area contributed by atoms with E-state index in [0.29, 0.717) is 23.1 Å². The molecule has 0 heterocycles. The van der Waals surface area contributed by atoms with Crippen LogP contribution < -0.4 is 4.74 Å². The van der Waals surface area contributed by atoms with Crippen molar-refractivity contribution in [2.24, 2.45) is 5.16 Å². The van der Waals surface area contributed by atoms with Gasteiger partial charge < -0.3 is 14.3 Å². The van der Waals surface area contributed by atoms with Crippen molar-refractivity contribution in [2.75, 3.05) is 13.9 Å². The normalized spacial score (nSPS) is 17.7. The van der Waals surface area contributed by atoms with E-state index in [1.165, 1.54) is 23.8 Å². The number of carbonyl (C=O) groups excluding carboxylic acids is 1. The third kappa shape index (κ3) is 4.61. The molecule has 31 heavy (non-hydrogen) atoms. The van der Waals surface area contributed by atoms with Crippen LogP contribution in [0.2, 0.25) is 0 Å². The molecule has 2 atom stereocenters. The Hall–Kier alpha value is -3.60. The largest absolute Gasteiger partial charge is 0.457 e. The highest BCUT2D eigenvalue weighted by Crippen LogP contribution is 2.44. The van der Waals surface area contributed by atoms with Gasteiger partial charge in [-0.1, -0.05) is 78.8 Å². The summed E-state index contributed by atoms with van der Waals surface area (Å²) in [6.45, 7) is 2.07. The van der Waals surface area contributed by atoms with Crippen LogP contribution in [0.5, 0.6) is 5.75 Å². The lowest BCUT2D eigenvalue weighted by atomic mass is 9.93. The van der Waals surface area contributed by atoms with Gasteiger partial charge in [0.25, 0.3) is 0 Å². The average Bonchev–Trinajstić information content (AvgIpc) is 3.15. The van der Waals surface area contributed by atoms with Crippen LogP contribution in [0.25, 0.3) is 0 Å². The van der Waals surface area contributed by atoms with Crippen LogP contribution in [0.1, 0.15) is 47.4 Å². The van der Waals surface area contributed by atoms with Gasteiger partial charge in [0.05, 0.1) is 0 Å². The Labute approximate surface area is 182 Å². The van der Waals surface area contributed by atoms with E-state index in [9.17, 15) is 4.79 Å². The minimum atomic E-state index is -0.610. The van der Waals surface area contributed by atoms with Crippen molar-refractivity contribution < 1.29 is 19.1 Å². The van der Waals surface area contributed by atoms with Crippen LogP contribution in [-0.4, -0.2) is 25.6 Å². The fourth-order valence-electron chi connectivity index (χ4n) is 4.11. The van der Waals surface area contributed by atoms with E-state index in [0.717, 1.165) is 6.42 Å². The summed E-state index contributed by atoms with van der Waals surface area (Å²) in [5.74, 6) is 0.989. The number of hydrogen-bond acceptors (Lipinski definition) is 5. The zero-order valence-corrected chi connectivity index (χ0v) is 17.7. The lowest BCUT2D eigenvalue weighted by molar-refractivity contribution is -0.141. The third-order valence-electron chi connectivity index (χ3n) is 5.61. The molecule has 1 aliphatic rings. The number of benzene rings is 3. The summed E-state index contributed by atoms with van der Waals surface area (Å²) in [7, 11) is 1.39. The van der Waals surface area contributed by atoms with Gasteiger partial charge in [-0.3, -0.25) is 0 Å². The maximum atomic E-state index is 12.4. The van der Waals surface area contributed by atoms with Crippen molar-refractivity contribution >= 4 is 11.7 Å². The van der Waals surface area contributed by atoms with Gasteiger partial charge in [0, 0.05) is 11.5 Å². The predicted octanol–water partition coefficient (Wildman–Crippen LogP) is 5.26. The van der Waals surface area contributed by atoms with Gasteiger partial charge in [-0.15, -0.1) is 0 Å². The predicted molar refractivity (Wildman–Crippen MR) is 119 cm³/mol. The Balaban J connectivity index is 1.36. The van der Waals surface area contributed by atoms with Crippen LogP contribution in [0.15, 0.2) is 84.0 Å². The summed E-state index contributed by atoms with van der Waals surface area (Å²) in [6, 6.07) is 25.7. The maximum absolute atomic E-state index is 12.4. The highest BCUT2D eigenvalue weighted by Gasteiger charge is 2.28. The summed E-state index contributed by atoms with van der Waals surface area (Å²) < 4.78 is 10.8. The van der Waals surface area contributed by atoms with Gasteiger partial charge in [-0.25, -0.2) is 4.79 Å². The lowest BCUT2D eigenvalue weighted by Crippen LogP contribution is -2.21. The number of carbonyl (C=O) groups is 1. The molecule has 3 aromatic rings. The van der Waals surface area contributed by atoms with Crippen LogP contribution in [0.4, 0.5) is 0 Å². The summed E-state index contributed by atoms with van der Waals surface area (Å²) in [6.07, 6.45) is 1.11. The number of oxime groups is 1.